The summed E-state index contributed by atoms with van der Waals surface area (Å²) in [6.07, 6.45) is 11.6. The number of halogens is 1. The Kier molecular flexibility index (Phi) is 9.34. The van der Waals surface area contributed by atoms with E-state index < -0.39 is 0 Å². The molecule has 2 unspecified atom stereocenters. The van der Waals surface area contributed by atoms with Crippen LogP contribution in [0, 0.1) is 17.8 Å². The molecule has 3 nitrogen and oxygen atoms in total. The molecule has 1 amide bonds. The Labute approximate surface area is 136 Å². The van der Waals surface area contributed by atoms with Gasteiger partial charge in [-0.05, 0) is 50.6 Å². The number of hydrogen-bond acceptors (Lipinski definition) is 2. The summed E-state index contributed by atoms with van der Waals surface area (Å²) < 4.78 is 0. The van der Waals surface area contributed by atoms with Crippen LogP contribution in [0.1, 0.15) is 64.7 Å². The van der Waals surface area contributed by atoms with Crippen molar-refractivity contribution in [1.29, 1.82) is 0 Å². The molecule has 1 heterocycles. The van der Waals surface area contributed by atoms with Gasteiger partial charge in [-0.3, -0.25) is 4.79 Å². The second-order valence-corrected chi connectivity index (χ2v) is 6.93. The quantitative estimate of drug-likeness (QED) is 0.787. The van der Waals surface area contributed by atoms with Crippen LogP contribution in [0.3, 0.4) is 0 Å². The van der Waals surface area contributed by atoms with Crippen molar-refractivity contribution in [3.05, 3.63) is 0 Å². The number of nitrogens with one attached hydrogen (secondary N) is 2. The van der Waals surface area contributed by atoms with Gasteiger partial charge in [0.15, 0.2) is 0 Å². The predicted molar refractivity (Wildman–Crippen MR) is 90.8 cm³/mol. The van der Waals surface area contributed by atoms with Crippen LogP contribution in [-0.4, -0.2) is 25.5 Å². The summed E-state index contributed by atoms with van der Waals surface area (Å²) in [5.41, 5.74) is 0. The molecule has 0 aromatic carbocycles. The summed E-state index contributed by atoms with van der Waals surface area (Å²) in [6.45, 7) is 5.26. The lowest BCUT2D eigenvalue weighted by atomic mass is 9.83. The van der Waals surface area contributed by atoms with Gasteiger partial charge >= 0.3 is 0 Å². The minimum absolute atomic E-state index is 0. The Bertz CT molecular complexity index is 287. The maximum atomic E-state index is 12.1. The van der Waals surface area contributed by atoms with Gasteiger partial charge in [0.05, 0.1) is 0 Å². The van der Waals surface area contributed by atoms with Gasteiger partial charge in [-0.25, -0.2) is 0 Å². The second kappa shape index (κ2) is 10.4. The van der Waals surface area contributed by atoms with E-state index in [-0.39, 0.29) is 24.2 Å². The summed E-state index contributed by atoms with van der Waals surface area (Å²) in [4.78, 5) is 12.1. The van der Waals surface area contributed by atoms with Crippen molar-refractivity contribution in [1.82, 2.24) is 10.6 Å². The third-order valence-electron chi connectivity index (χ3n) is 5.11. The molecule has 2 aliphatic rings. The summed E-state index contributed by atoms with van der Waals surface area (Å²) in [6, 6.07) is 0. The summed E-state index contributed by atoms with van der Waals surface area (Å²) in [5.74, 6) is 2.03. The minimum Gasteiger partial charge on any atom is -0.356 e. The first-order valence-electron chi connectivity index (χ1n) is 8.74. The standard InChI is InChI=1S/C17H32N2O.ClH/c1-14(12-15-6-3-2-4-7-15)17(20)19-11-9-16-8-5-10-18-13-16;/h14-16,18H,2-13H2,1H3,(H,19,20);1H. The Morgan fingerprint density at radius 2 is 1.86 bits per heavy atom. The number of hydrogen-bond donors (Lipinski definition) is 2. The van der Waals surface area contributed by atoms with Gasteiger partial charge in [0.25, 0.3) is 0 Å². The molecule has 2 fully saturated rings. The van der Waals surface area contributed by atoms with Crippen LogP contribution in [0.2, 0.25) is 0 Å². The lowest BCUT2D eigenvalue weighted by Crippen LogP contribution is -2.35. The Morgan fingerprint density at radius 1 is 1.14 bits per heavy atom. The van der Waals surface area contributed by atoms with Gasteiger partial charge in [0.2, 0.25) is 5.91 Å². The Balaban J connectivity index is 0.00000220. The molecule has 1 aliphatic heterocycles. The normalized spacial score (nSPS) is 24.9. The highest BCUT2D eigenvalue weighted by Crippen LogP contribution is 2.29. The zero-order chi connectivity index (χ0) is 14.2. The molecule has 2 N–H and O–H groups in total. The van der Waals surface area contributed by atoms with Crippen LogP contribution >= 0.6 is 12.4 Å². The lowest BCUT2D eigenvalue weighted by Gasteiger charge is -2.25. The van der Waals surface area contributed by atoms with Gasteiger partial charge in [0.1, 0.15) is 0 Å². The highest BCUT2D eigenvalue weighted by Gasteiger charge is 2.21. The molecule has 1 saturated carbocycles. The molecule has 2 rings (SSSR count). The van der Waals surface area contributed by atoms with Crippen molar-refractivity contribution in [2.75, 3.05) is 19.6 Å². The number of rotatable bonds is 6. The first kappa shape index (κ1) is 18.8. The van der Waals surface area contributed by atoms with Gasteiger partial charge < -0.3 is 10.6 Å². The molecule has 0 aromatic rings. The fourth-order valence-corrected chi connectivity index (χ4v) is 3.77. The van der Waals surface area contributed by atoms with Crippen LogP contribution in [0.5, 0.6) is 0 Å². The van der Waals surface area contributed by atoms with E-state index in [1.807, 2.05) is 0 Å². The fraction of sp³-hybridized carbons (Fsp3) is 0.941. The SMILES string of the molecule is CC(CC1CCCCC1)C(=O)NCCC1CCCNC1.Cl. The van der Waals surface area contributed by atoms with Gasteiger partial charge in [-0.15, -0.1) is 12.4 Å². The van der Waals surface area contributed by atoms with Gasteiger partial charge in [0, 0.05) is 12.5 Å². The van der Waals surface area contributed by atoms with Crippen LogP contribution < -0.4 is 10.6 Å². The third kappa shape index (κ3) is 7.01. The lowest BCUT2D eigenvalue weighted by molar-refractivity contribution is -0.125. The van der Waals surface area contributed by atoms with Crippen LogP contribution in [0.4, 0.5) is 0 Å². The van der Waals surface area contributed by atoms with Gasteiger partial charge in [-0.2, -0.15) is 0 Å². The largest absolute Gasteiger partial charge is 0.356 e. The second-order valence-electron chi connectivity index (χ2n) is 6.93. The topological polar surface area (TPSA) is 41.1 Å². The first-order valence-corrected chi connectivity index (χ1v) is 8.74. The van der Waals surface area contributed by atoms with Gasteiger partial charge in [-0.1, -0.05) is 39.0 Å². The fourth-order valence-electron chi connectivity index (χ4n) is 3.77. The molecule has 1 aliphatic carbocycles. The van der Waals surface area contributed by atoms with E-state index in [0.29, 0.717) is 0 Å². The van der Waals surface area contributed by atoms with Crippen LogP contribution in [-0.2, 0) is 4.79 Å². The average molecular weight is 317 g/mol. The van der Waals surface area contributed by atoms with Crippen molar-refractivity contribution in [2.45, 2.75) is 64.7 Å². The summed E-state index contributed by atoms with van der Waals surface area (Å²) >= 11 is 0. The molecule has 0 radical (unpaired) electrons. The maximum Gasteiger partial charge on any atom is 0.222 e. The van der Waals surface area contributed by atoms with Crippen LogP contribution in [0.15, 0.2) is 0 Å². The minimum atomic E-state index is 0. The van der Waals surface area contributed by atoms with E-state index in [9.17, 15) is 4.79 Å². The monoisotopic (exact) mass is 316 g/mol. The highest BCUT2D eigenvalue weighted by molar-refractivity contribution is 5.85. The molecule has 4 heteroatoms. The molecule has 21 heavy (non-hydrogen) atoms. The number of piperidine rings is 1. The van der Waals surface area contributed by atoms with Crippen LogP contribution in [0.25, 0.3) is 0 Å². The smallest absolute Gasteiger partial charge is 0.222 e. The number of carbonyl (C=O) groups is 1. The summed E-state index contributed by atoms with van der Waals surface area (Å²) in [5, 5.41) is 6.59. The number of amides is 1. The molecule has 2 atom stereocenters. The number of carbonyl (C=O) groups excluding carboxylic acids is 1. The summed E-state index contributed by atoms with van der Waals surface area (Å²) in [7, 11) is 0. The Morgan fingerprint density at radius 3 is 2.52 bits per heavy atom. The average Bonchev–Trinajstić information content (AvgIpc) is 2.49. The Hall–Kier alpha value is -0.280. The predicted octanol–water partition coefficient (Wildman–Crippen LogP) is 3.52. The van der Waals surface area contributed by atoms with Crippen molar-refractivity contribution < 1.29 is 4.79 Å². The van der Waals surface area contributed by atoms with E-state index in [2.05, 4.69) is 17.6 Å². The molecule has 0 spiro atoms. The van der Waals surface area contributed by atoms with E-state index >= 15 is 0 Å². The molecule has 0 aromatic heterocycles. The van der Waals surface area contributed by atoms with E-state index in [1.54, 1.807) is 0 Å². The zero-order valence-electron chi connectivity index (χ0n) is 13.5. The zero-order valence-corrected chi connectivity index (χ0v) is 14.4. The third-order valence-corrected chi connectivity index (χ3v) is 5.11. The molecule has 0 bridgehead atoms. The van der Waals surface area contributed by atoms with E-state index in [0.717, 1.165) is 37.8 Å². The van der Waals surface area contributed by atoms with Crippen molar-refractivity contribution in [3.63, 3.8) is 0 Å². The molecule has 124 valence electrons. The van der Waals surface area contributed by atoms with Crippen molar-refractivity contribution in [3.8, 4) is 0 Å². The molecular formula is C17H33ClN2O. The highest BCUT2D eigenvalue weighted by atomic mass is 35.5. The van der Waals surface area contributed by atoms with Crippen molar-refractivity contribution in [2.24, 2.45) is 17.8 Å². The van der Waals surface area contributed by atoms with E-state index in [4.69, 9.17) is 0 Å². The van der Waals surface area contributed by atoms with E-state index in [1.165, 1.54) is 51.5 Å². The molecule has 1 saturated heterocycles. The maximum absolute atomic E-state index is 12.1. The molecular weight excluding hydrogens is 284 g/mol. The van der Waals surface area contributed by atoms with Crippen molar-refractivity contribution >= 4 is 18.3 Å². The first-order chi connectivity index (χ1) is 9.75.